The van der Waals surface area contributed by atoms with Crippen LogP contribution in [0.3, 0.4) is 0 Å². The van der Waals surface area contributed by atoms with Gasteiger partial charge < -0.3 is 14.0 Å². The average Bonchev–Trinajstić information content (AvgIpc) is 3.05. The number of morpholine rings is 1. The number of hydrogen-bond donors (Lipinski definition) is 0. The van der Waals surface area contributed by atoms with Gasteiger partial charge in [0.1, 0.15) is 23.3 Å². The van der Waals surface area contributed by atoms with Crippen molar-refractivity contribution in [1.29, 1.82) is 0 Å². The van der Waals surface area contributed by atoms with Gasteiger partial charge >= 0.3 is 0 Å². The zero-order valence-electron chi connectivity index (χ0n) is 13.9. The first-order chi connectivity index (χ1) is 12.1. The van der Waals surface area contributed by atoms with Crippen LogP contribution in [0, 0.1) is 12.7 Å². The Kier molecular flexibility index (Phi) is 3.97. The van der Waals surface area contributed by atoms with Gasteiger partial charge in [-0.1, -0.05) is 18.2 Å². The number of nitrogens with zero attached hydrogens (tertiary/aromatic N) is 3. The Hall–Kier alpha value is -2.73. The molecular weight excluding hydrogens is 321 g/mol. The summed E-state index contributed by atoms with van der Waals surface area (Å²) in [4.78, 5) is 19.0. The smallest absolute Gasteiger partial charge is 0.274 e. The number of fused-ring (bicyclic) bond motifs is 1. The molecule has 128 valence electrons. The molecule has 0 saturated carbocycles. The second kappa shape index (κ2) is 6.29. The lowest BCUT2D eigenvalue weighted by molar-refractivity contribution is -0.0230. The number of pyridine rings is 1. The molecule has 1 aliphatic rings. The first-order valence-corrected chi connectivity index (χ1v) is 8.22. The Balaban J connectivity index is 1.55. The summed E-state index contributed by atoms with van der Waals surface area (Å²) in [5, 5.41) is 0. The molecule has 3 aromatic rings. The summed E-state index contributed by atoms with van der Waals surface area (Å²) in [6.45, 7) is 3.39. The lowest BCUT2D eigenvalue weighted by Crippen LogP contribution is -2.42. The van der Waals surface area contributed by atoms with Crippen molar-refractivity contribution in [3.8, 4) is 0 Å². The van der Waals surface area contributed by atoms with Crippen LogP contribution in [-0.4, -0.2) is 39.9 Å². The molecule has 0 spiro atoms. The number of aromatic nitrogens is 2. The number of halogens is 1. The Morgan fingerprint density at radius 2 is 2.00 bits per heavy atom. The molecule has 4 rings (SSSR count). The molecule has 0 N–H and O–H groups in total. The van der Waals surface area contributed by atoms with E-state index in [1.807, 2.05) is 29.7 Å². The number of carbonyl (C=O) groups excluding carboxylic acids is 1. The summed E-state index contributed by atoms with van der Waals surface area (Å²) in [5.74, 6) is -0.399. The quantitative estimate of drug-likeness (QED) is 0.721. The van der Waals surface area contributed by atoms with E-state index in [-0.39, 0.29) is 17.8 Å². The van der Waals surface area contributed by atoms with Crippen molar-refractivity contribution in [2.45, 2.75) is 13.0 Å². The molecular formula is C19H18FN3O2. The standard InChI is InChI=1S/C19H18FN3O2/c1-13-2-7-18-21-16(11-23(18)10-13)19(24)22-8-9-25-17(12-22)14-3-5-15(20)6-4-14/h2-7,10-11,17H,8-9,12H2,1H3. The molecule has 1 amide bonds. The monoisotopic (exact) mass is 339 g/mol. The van der Waals surface area contributed by atoms with Crippen molar-refractivity contribution in [3.05, 3.63) is 71.4 Å². The summed E-state index contributed by atoms with van der Waals surface area (Å²) in [7, 11) is 0. The maximum Gasteiger partial charge on any atom is 0.274 e. The molecule has 1 saturated heterocycles. The van der Waals surface area contributed by atoms with Crippen molar-refractivity contribution in [2.24, 2.45) is 0 Å². The minimum Gasteiger partial charge on any atom is -0.370 e. The van der Waals surface area contributed by atoms with Crippen LogP contribution in [0.1, 0.15) is 27.7 Å². The first kappa shape index (κ1) is 15.8. The van der Waals surface area contributed by atoms with Crippen LogP contribution in [0.25, 0.3) is 5.65 Å². The SMILES string of the molecule is Cc1ccc2nc(C(=O)N3CCOC(c4ccc(F)cc4)C3)cn2c1. The van der Waals surface area contributed by atoms with Gasteiger partial charge in [0.25, 0.3) is 5.91 Å². The predicted molar refractivity (Wildman–Crippen MR) is 90.9 cm³/mol. The van der Waals surface area contributed by atoms with Crippen LogP contribution >= 0.6 is 0 Å². The van der Waals surface area contributed by atoms with Crippen molar-refractivity contribution >= 4 is 11.6 Å². The summed E-state index contributed by atoms with van der Waals surface area (Å²) < 4.78 is 20.7. The summed E-state index contributed by atoms with van der Waals surface area (Å²) in [5.41, 5.74) is 3.14. The molecule has 6 heteroatoms. The Labute approximate surface area is 144 Å². The zero-order chi connectivity index (χ0) is 17.4. The van der Waals surface area contributed by atoms with E-state index in [2.05, 4.69) is 4.98 Å². The van der Waals surface area contributed by atoms with E-state index >= 15 is 0 Å². The normalized spacial score (nSPS) is 17.8. The van der Waals surface area contributed by atoms with Gasteiger partial charge in [0.05, 0.1) is 13.2 Å². The minimum atomic E-state index is -0.285. The highest BCUT2D eigenvalue weighted by Gasteiger charge is 2.27. The van der Waals surface area contributed by atoms with Crippen LogP contribution in [-0.2, 0) is 4.74 Å². The molecule has 1 atom stereocenters. The number of ether oxygens (including phenoxy) is 1. The van der Waals surface area contributed by atoms with Crippen molar-refractivity contribution in [3.63, 3.8) is 0 Å². The van der Waals surface area contributed by atoms with Crippen LogP contribution < -0.4 is 0 Å². The molecule has 5 nitrogen and oxygen atoms in total. The van der Waals surface area contributed by atoms with E-state index in [4.69, 9.17) is 4.74 Å². The maximum atomic E-state index is 13.1. The van der Waals surface area contributed by atoms with E-state index in [0.29, 0.717) is 25.4 Å². The van der Waals surface area contributed by atoms with Gasteiger partial charge in [0, 0.05) is 18.9 Å². The lowest BCUT2D eigenvalue weighted by Gasteiger charge is -2.32. The highest BCUT2D eigenvalue weighted by Crippen LogP contribution is 2.23. The third-order valence-corrected chi connectivity index (χ3v) is 4.41. The van der Waals surface area contributed by atoms with Crippen LogP contribution in [0.15, 0.2) is 48.8 Å². The minimum absolute atomic E-state index is 0.114. The topological polar surface area (TPSA) is 46.8 Å². The second-order valence-electron chi connectivity index (χ2n) is 6.26. The predicted octanol–water partition coefficient (Wildman–Crippen LogP) is 3.00. The van der Waals surface area contributed by atoms with Crippen LogP contribution in [0.5, 0.6) is 0 Å². The van der Waals surface area contributed by atoms with Gasteiger partial charge in [0.2, 0.25) is 0 Å². The fourth-order valence-corrected chi connectivity index (χ4v) is 3.08. The van der Waals surface area contributed by atoms with Crippen LogP contribution in [0.2, 0.25) is 0 Å². The van der Waals surface area contributed by atoms with Gasteiger partial charge in [-0.2, -0.15) is 0 Å². The maximum absolute atomic E-state index is 13.1. The number of hydrogen-bond acceptors (Lipinski definition) is 3. The molecule has 0 radical (unpaired) electrons. The van der Waals surface area contributed by atoms with Crippen molar-refractivity contribution in [1.82, 2.24) is 14.3 Å². The van der Waals surface area contributed by atoms with E-state index < -0.39 is 0 Å². The van der Waals surface area contributed by atoms with Gasteiger partial charge in [-0.15, -0.1) is 0 Å². The fourth-order valence-electron chi connectivity index (χ4n) is 3.08. The first-order valence-electron chi connectivity index (χ1n) is 8.22. The number of amides is 1. The lowest BCUT2D eigenvalue weighted by atomic mass is 10.1. The highest BCUT2D eigenvalue weighted by molar-refractivity contribution is 5.93. The molecule has 1 fully saturated rings. The molecule has 0 bridgehead atoms. The zero-order valence-corrected chi connectivity index (χ0v) is 13.9. The fraction of sp³-hybridized carbons (Fsp3) is 0.263. The van der Waals surface area contributed by atoms with Crippen molar-refractivity contribution in [2.75, 3.05) is 19.7 Å². The molecule has 25 heavy (non-hydrogen) atoms. The van der Waals surface area contributed by atoms with E-state index in [9.17, 15) is 9.18 Å². The summed E-state index contributed by atoms with van der Waals surface area (Å²) in [6, 6.07) is 10.1. The average molecular weight is 339 g/mol. The van der Waals surface area contributed by atoms with Gasteiger partial charge in [-0.3, -0.25) is 4.79 Å². The molecule has 0 aliphatic carbocycles. The van der Waals surface area contributed by atoms with E-state index in [1.54, 1.807) is 23.2 Å². The molecule has 3 heterocycles. The van der Waals surface area contributed by atoms with Gasteiger partial charge in [0.15, 0.2) is 0 Å². The Morgan fingerprint density at radius 3 is 2.80 bits per heavy atom. The number of carbonyl (C=O) groups is 1. The number of benzene rings is 1. The van der Waals surface area contributed by atoms with Gasteiger partial charge in [-0.25, -0.2) is 9.37 Å². The largest absolute Gasteiger partial charge is 0.370 e. The number of imidazole rings is 1. The third-order valence-electron chi connectivity index (χ3n) is 4.41. The number of rotatable bonds is 2. The summed E-state index contributed by atoms with van der Waals surface area (Å²) >= 11 is 0. The molecule has 1 aromatic carbocycles. The van der Waals surface area contributed by atoms with E-state index in [1.165, 1.54) is 12.1 Å². The molecule has 1 unspecified atom stereocenters. The highest BCUT2D eigenvalue weighted by atomic mass is 19.1. The van der Waals surface area contributed by atoms with Crippen molar-refractivity contribution < 1.29 is 13.9 Å². The molecule has 1 aliphatic heterocycles. The van der Waals surface area contributed by atoms with Crippen LogP contribution in [0.4, 0.5) is 4.39 Å². The summed E-state index contributed by atoms with van der Waals surface area (Å²) in [6.07, 6.45) is 3.45. The molecule has 2 aromatic heterocycles. The number of aryl methyl sites for hydroxylation is 1. The Morgan fingerprint density at radius 1 is 1.20 bits per heavy atom. The third kappa shape index (κ3) is 3.13. The Bertz CT molecular complexity index is 920. The van der Waals surface area contributed by atoms with E-state index in [0.717, 1.165) is 16.8 Å². The van der Waals surface area contributed by atoms with Gasteiger partial charge in [-0.05, 0) is 36.2 Å². The second-order valence-corrected chi connectivity index (χ2v) is 6.26.